The van der Waals surface area contributed by atoms with Crippen molar-refractivity contribution in [3.63, 3.8) is 0 Å². The Labute approximate surface area is 356 Å². The van der Waals surface area contributed by atoms with Gasteiger partial charge in [-0.05, 0) is 89.1 Å². The zero-order valence-corrected chi connectivity index (χ0v) is 34.6. The third-order valence-corrected chi connectivity index (χ3v) is 11.0. The number of aromatic nitrogens is 5. The maximum atomic E-state index is 10.7. The number of para-hydroxylation sites is 1. The predicted octanol–water partition coefficient (Wildman–Crippen LogP) is 11.9. The van der Waals surface area contributed by atoms with Gasteiger partial charge in [-0.15, -0.1) is 34.0 Å². The molecule has 0 aliphatic heterocycles. The molecular weight excluding hydrogens is 884 g/mol. The van der Waals surface area contributed by atoms with Crippen molar-refractivity contribution < 1.29 is 29.4 Å². The first-order valence-electron chi connectivity index (χ1n) is 16.1. The Kier molecular flexibility index (Phi) is 15.1. The minimum absolute atomic E-state index is 0. The van der Waals surface area contributed by atoms with Crippen molar-refractivity contribution in [3.8, 4) is 48.0 Å². The second-order valence-electron chi connectivity index (χ2n) is 11.1. The number of hydrogen-bond donors (Lipinski definition) is 1. The van der Waals surface area contributed by atoms with Crippen molar-refractivity contribution in [2.45, 2.75) is 0 Å². The number of fused-ring (bicyclic) bond motifs is 3. The van der Waals surface area contributed by atoms with Crippen LogP contribution in [0, 0.1) is 0 Å². The van der Waals surface area contributed by atoms with Crippen LogP contribution in [-0.2, 0) is 19.5 Å². The molecule has 0 saturated carbocycles. The van der Waals surface area contributed by atoms with Crippen molar-refractivity contribution >= 4 is 96.5 Å². The molecule has 8 aromatic heterocycles. The molecule has 0 amide bonds. The quantitative estimate of drug-likeness (QED) is 0.0988. The molecule has 0 saturated heterocycles. The molecule has 0 atom stereocenters. The smallest absolute Gasteiger partial charge is 0.753 e. The van der Waals surface area contributed by atoms with E-state index in [0.29, 0.717) is 11.4 Å². The van der Waals surface area contributed by atoms with Crippen molar-refractivity contribution in [1.29, 1.82) is 0 Å². The van der Waals surface area contributed by atoms with Crippen LogP contribution in [0.2, 0.25) is 0 Å². The normalized spacial score (nSPS) is 9.93. The summed E-state index contributed by atoms with van der Waals surface area (Å²) in [6.07, 6.45) is 6.98. The van der Waals surface area contributed by atoms with Crippen LogP contribution in [0.1, 0.15) is 10.4 Å². The topological polar surface area (TPSA) is 138 Å². The molecule has 0 aliphatic carbocycles. The molecule has 0 spiro atoms. The first kappa shape index (κ1) is 41.6. The van der Waals surface area contributed by atoms with Gasteiger partial charge in [0.25, 0.3) is 0 Å². The minimum Gasteiger partial charge on any atom is -0.753 e. The Morgan fingerprint density at radius 1 is 0.625 bits per heavy atom. The van der Waals surface area contributed by atoms with Crippen molar-refractivity contribution in [2.75, 3.05) is 0 Å². The third-order valence-electron chi connectivity index (χ3n) is 7.90. The average molecular weight is 909 g/mol. The maximum Gasteiger partial charge on any atom is 2.00 e. The number of rotatable bonds is 6. The largest absolute Gasteiger partial charge is 2.00 e. The monoisotopic (exact) mass is 909 g/mol. The van der Waals surface area contributed by atoms with Crippen molar-refractivity contribution in [3.05, 3.63) is 161 Å². The average Bonchev–Trinajstić information content (AvgIpc) is 4.07. The number of thiophene rings is 3. The van der Waals surface area contributed by atoms with Crippen LogP contribution in [-0.4, -0.2) is 45.9 Å². The van der Waals surface area contributed by atoms with Gasteiger partial charge < -0.3 is 15.9 Å². The number of carbonyl (C=O) groups is 1. The summed E-state index contributed by atoms with van der Waals surface area (Å²) in [5, 5.41) is 33.6. The van der Waals surface area contributed by atoms with Crippen LogP contribution in [0.15, 0.2) is 145 Å². The molecule has 274 valence electrons. The second kappa shape index (κ2) is 20.4. The van der Waals surface area contributed by atoms with Crippen LogP contribution in [0.3, 0.4) is 0 Å². The van der Waals surface area contributed by atoms with Gasteiger partial charge in [-0.2, -0.15) is 10.3 Å². The Balaban J connectivity index is 0.000000228. The Morgan fingerprint density at radius 3 is 1.95 bits per heavy atom. The van der Waals surface area contributed by atoms with E-state index in [1.54, 1.807) is 41.0 Å². The van der Waals surface area contributed by atoms with E-state index in [1.807, 2.05) is 29.8 Å². The standard InChI is InChI=1S/C28H17N3S3.C11H8N2O2.2CNS.Ru/c1-2-6-23-19(5-1)20-16-22(21-15-18(11-12-29-21)25-7-3-13-32-25)30-17-24(20)31(23)28-10-9-27(34-28)26-8-4-14-33-26;14-11(15)8-4-6-13-10(7-8)9-3-1-2-5-12-9;2*2-1-3;/h1-17H;1-7H,(H,14,15);;;/q;;2*-1;+2. The number of carboxylic acid groups (broad SMARTS) is 1. The number of benzene rings is 1. The van der Waals surface area contributed by atoms with Crippen molar-refractivity contribution in [2.24, 2.45) is 0 Å². The van der Waals surface area contributed by atoms with Crippen LogP contribution in [0.4, 0.5) is 0 Å². The molecule has 1 aromatic carbocycles. The summed E-state index contributed by atoms with van der Waals surface area (Å²) in [4.78, 5) is 32.2. The first-order valence-corrected chi connectivity index (χ1v) is 19.5. The fraction of sp³-hybridized carbons (Fsp3) is 0. The molecule has 0 bridgehead atoms. The van der Waals surface area contributed by atoms with Gasteiger partial charge >= 0.3 is 25.4 Å². The number of pyridine rings is 4. The van der Waals surface area contributed by atoms with Crippen LogP contribution in [0.25, 0.3) is 80.6 Å². The molecular formula is C41H25N7O2RuS5. The van der Waals surface area contributed by atoms with E-state index in [2.05, 4.69) is 134 Å². The molecule has 0 radical (unpaired) electrons. The predicted molar refractivity (Wildman–Crippen MR) is 233 cm³/mol. The van der Waals surface area contributed by atoms with Crippen LogP contribution >= 0.6 is 58.4 Å². The Hall–Kier alpha value is -5.59. The fourth-order valence-corrected chi connectivity index (χ4v) is 8.22. The van der Waals surface area contributed by atoms with Gasteiger partial charge in [-0.1, -0.05) is 60.8 Å². The summed E-state index contributed by atoms with van der Waals surface area (Å²) in [6.45, 7) is 0. The molecule has 15 heteroatoms. The molecule has 9 nitrogen and oxygen atoms in total. The summed E-state index contributed by atoms with van der Waals surface area (Å²) in [5.74, 6) is -0.963. The summed E-state index contributed by atoms with van der Waals surface area (Å²) < 4.78 is 2.33. The van der Waals surface area contributed by atoms with Gasteiger partial charge in [0.05, 0.1) is 45.6 Å². The number of aromatic carboxylic acids is 1. The Morgan fingerprint density at radius 2 is 1.27 bits per heavy atom. The van der Waals surface area contributed by atoms with E-state index in [4.69, 9.17) is 20.9 Å². The maximum absolute atomic E-state index is 10.7. The molecule has 0 unspecified atom stereocenters. The van der Waals surface area contributed by atoms with Gasteiger partial charge in [0, 0.05) is 44.0 Å². The van der Waals surface area contributed by atoms with Gasteiger partial charge in [0.1, 0.15) is 5.00 Å². The SMILES string of the molecule is O=C(O)c1ccnc(-c2ccccn2)c1.[N-]=C=S.[N-]=C=S.[Ru+2].c1csc(-c2ccnc(-c3cc4c5ccccc5n(-c5ccc(-c6cccs6)s5)c4cn3)c2)c1. The van der Waals surface area contributed by atoms with Gasteiger partial charge in [-0.3, -0.25) is 24.5 Å². The number of hydrogen-bond acceptors (Lipinski definition) is 10. The first-order chi connectivity index (χ1) is 26.9. The summed E-state index contributed by atoms with van der Waals surface area (Å²) >= 11 is 12.7. The Bertz CT molecular complexity index is 2740. The number of isothiocyanates is 2. The minimum atomic E-state index is -0.963. The van der Waals surface area contributed by atoms with Gasteiger partial charge in [0.2, 0.25) is 0 Å². The summed E-state index contributed by atoms with van der Waals surface area (Å²) in [6, 6.07) is 36.3. The molecule has 9 rings (SSSR count). The number of carboxylic acids is 1. The summed E-state index contributed by atoms with van der Waals surface area (Å²) in [7, 11) is 0. The molecule has 0 fully saturated rings. The van der Waals surface area contributed by atoms with Crippen molar-refractivity contribution in [1.82, 2.24) is 24.5 Å². The third kappa shape index (κ3) is 9.79. The van der Waals surface area contributed by atoms with Gasteiger partial charge in [0.15, 0.2) is 0 Å². The molecule has 9 aromatic rings. The fourth-order valence-electron chi connectivity index (χ4n) is 5.63. The van der Waals surface area contributed by atoms with Crippen LogP contribution in [0.5, 0.6) is 0 Å². The van der Waals surface area contributed by atoms with E-state index in [1.165, 1.54) is 70.1 Å². The molecule has 8 heterocycles. The second-order valence-corrected chi connectivity index (χ2v) is 14.4. The molecule has 56 heavy (non-hydrogen) atoms. The summed E-state index contributed by atoms with van der Waals surface area (Å²) in [5.41, 5.74) is 6.70. The number of thiocarbonyl (C=S) groups is 2. The van der Waals surface area contributed by atoms with E-state index in [9.17, 15) is 4.79 Å². The van der Waals surface area contributed by atoms with E-state index >= 15 is 0 Å². The molecule has 1 N–H and O–H groups in total. The zero-order chi connectivity index (χ0) is 38.6. The van der Waals surface area contributed by atoms with Gasteiger partial charge in [-0.25, -0.2) is 4.79 Å². The van der Waals surface area contributed by atoms with E-state index in [0.717, 1.165) is 16.9 Å². The van der Waals surface area contributed by atoms with Crippen LogP contribution < -0.4 is 0 Å². The van der Waals surface area contributed by atoms with E-state index < -0.39 is 5.97 Å². The zero-order valence-electron chi connectivity index (χ0n) is 28.7. The number of nitrogens with zero attached hydrogens (tertiary/aromatic N) is 7. The van der Waals surface area contributed by atoms with E-state index in [-0.39, 0.29) is 25.0 Å². The molecule has 0 aliphatic rings.